The van der Waals surface area contributed by atoms with Gasteiger partial charge in [0.25, 0.3) is 0 Å². The highest BCUT2D eigenvalue weighted by molar-refractivity contribution is 5.92. The van der Waals surface area contributed by atoms with Crippen LogP contribution in [-0.2, 0) is 14.3 Å². The van der Waals surface area contributed by atoms with Gasteiger partial charge in [0.1, 0.15) is 0 Å². The Morgan fingerprint density at radius 2 is 1.86 bits per heavy atom. The minimum Gasteiger partial charge on any atom is -0.493 e. The van der Waals surface area contributed by atoms with E-state index in [-0.39, 0.29) is 11.4 Å². The smallest absolute Gasteiger partial charge is 0.363 e. The summed E-state index contributed by atoms with van der Waals surface area (Å²) < 4.78 is 16.2. The molecule has 1 unspecified atom stereocenters. The Hall–Kier alpha value is -2.83. The number of nitrogens with zero attached hydrogens (tertiary/aromatic N) is 2. The van der Waals surface area contributed by atoms with Gasteiger partial charge in [0.2, 0.25) is 5.69 Å². The zero-order valence-electron chi connectivity index (χ0n) is 12.5. The van der Waals surface area contributed by atoms with Crippen molar-refractivity contribution < 1.29 is 23.8 Å². The molecule has 0 N–H and O–H groups in total. The molecule has 0 amide bonds. The summed E-state index contributed by atoms with van der Waals surface area (Å²) in [6.07, 6.45) is 0.540. The van der Waals surface area contributed by atoms with Gasteiger partial charge in [0, 0.05) is 0 Å². The van der Waals surface area contributed by atoms with Crippen LogP contribution in [0.3, 0.4) is 0 Å². The summed E-state index contributed by atoms with van der Waals surface area (Å²) in [6.45, 7) is 1.42. The maximum atomic E-state index is 12.1. The lowest BCUT2D eigenvalue weighted by atomic mass is 10.3. The Labute approximate surface area is 127 Å². The lowest BCUT2D eigenvalue weighted by Crippen LogP contribution is -2.25. The third-order valence-corrected chi connectivity index (χ3v) is 2.93. The first-order valence-electron chi connectivity index (χ1n) is 6.54. The van der Waals surface area contributed by atoms with Gasteiger partial charge in [-0.1, -0.05) is 18.2 Å². The maximum absolute atomic E-state index is 12.1. The minimum absolute atomic E-state index is 0.0119. The maximum Gasteiger partial charge on any atom is 0.363 e. The van der Waals surface area contributed by atoms with Crippen molar-refractivity contribution in [2.45, 2.75) is 13.0 Å². The van der Waals surface area contributed by atoms with E-state index in [1.165, 1.54) is 25.8 Å². The molecule has 0 radical (unpaired) electrons. The molecule has 7 nitrogen and oxygen atoms in total. The number of para-hydroxylation sites is 1. The highest BCUT2D eigenvalue weighted by Gasteiger charge is 2.25. The van der Waals surface area contributed by atoms with E-state index in [2.05, 4.69) is 9.84 Å². The number of hydrogen-bond donors (Lipinski definition) is 0. The third kappa shape index (κ3) is 3.25. The molecule has 0 bridgehead atoms. The number of hydrogen-bond acceptors (Lipinski definition) is 6. The summed E-state index contributed by atoms with van der Waals surface area (Å²) in [5.41, 5.74) is 0.753. The van der Waals surface area contributed by atoms with Crippen molar-refractivity contribution in [2.75, 3.05) is 14.2 Å². The molecule has 1 heterocycles. The molecule has 1 aromatic carbocycles. The van der Waals surface area contributed by atoms with E-state index >= 15 is 0 Å². The van der Waals surface area contributed by atoms with Crippen molar-refractivity contribution in [1.29, 1.82) is 0 Å². The summed E-state index contributed by atoms with van der Waals surface area (Å²) >= 11 is 0. The van der Waals surface area contributed by atoms with E-state index in [0.717, 1.165) is 5.69 Å². The Kier molecular flexibility index (Phi) is 4.77. The Balaban J connectivity index is 2.25. The number of carbonyl (C=O) groups excluding carboxylic acids is 2. The molecule has 0 aliphatic heterocycles. The first-order valence-corrected chi connectivity index (χ1v) is 6.54. The molecule has 2 aromatic rings. The average Bonchev–Trinajstić information content (AvgIpc) is 2.99. The number of ether oxygens (including phenoxy) is 3. The number of aromatic nitrogens is 2. The van der Waals surface area contributed by atoms with Crippen LogP contribution in [0.25, 0.3) is 5.69 Å². The van der Waals surface area contributed by atoms with Crippen LogP contribution in [0.1, 0.15) is 17.4 Å². The van der Waals surface area contributed by atoms with E-state index in [4.69, 9.17) is 9.47 Å². The fourth-order valence-electron chi connectivity index (χ4n) is 1.79. The first kappa shape index (κ1) is 15.6. The Morgan fingerprint density at radius 1 is 1.18 bits per heavy atom. The molecule has 0 saturated carbocycles. The van der Waals surface area contributed by atoms with Gasteiger partial charge in [0.05, 0.1) is 26.1 Å². The van der Waals surface area contributed by atoms with Crippen LogP contribution in [0.4, 0.5) is 0 Å². The normalized spacial score (nSPS) is 11.6. The number of rotatable bonds is 5. The van der Waals surface area contributed by atoms with Crippen LogP contribution in [-0.4, -0.2) is 42.0 Å². The summed E-state index contributed by atoms with van der Waals surface area (Å²) in [5, 5.41) is 4.15. The standard InChI is InChI=1S/C15H16N2O5/c1-10(14(18)21-3)22-15(19)13-12(20-2)9-17(16-13)11-7-5-4-6-8-11/h4-10H,1-3H3. The van der Waals surface area contributed by atoms with E-state index in [1.54, 1.807) is 6.20 Å². The highest BCUT2D eigenvalue weighted by Crippen LogP contribution is 2.20. The van der Waals surface area contributed by atoms with Gasteiger partial charge in [-0.25, -0.2) is 14.3 Å². The van der Waals surface area contributed by atoms with Crippen LogP contribution >= 0.6 is 0 Å². The molecular formula is C15H16N2O5. The average molecular weight is 304 g/mol. The number of carbonyl (C=O) groups is 2. The van der Waals surface area contributed by atoms with Crippen molar-refractivity contribution in [3.8, 4) is 11.4 Å². The van der Waals surface area contributed by atoms with Crippen molar-refractivity contribution in [2.24, 2.45) is 0 Å². The fraction of sp³-hybridized carbons (Fsp3) is 0.267. The zero-order chi connectivity index (χ0) is 16.1. The van der Waals surface area contributed by atoms with Crippen molar-refractivity contribution >= 4 is 11.9 Å². The van der Waals surface area contributed by atoms with Gasteiger partial charge in [-0.2, -0.15) is 5.10 Å². The molecule has 0 saturated heterocycles. The monoisotopic (exact) mass is 304 g/mol. The SMILES string of the molecule is COC(=O)C(C)OC(=O)c1nn(-c2ccccc2)cc1OC. The minimum atomic E-state index is -1.02. The molecule has 116 valence electrons. The van der Waals surface area contributed by atoms with Gasteiger partial charge in [0.15, 0.2) is 11.9 Å². The third-order valence-electron chi connectivity index (χ3n) is 2.93. The van der Waals surface area contributed by atoms with E-state index in [1.807, 2.05) is 30.3 Å². The number of benzene rings is 1. The first-order chi connectivity index (χ1) is 10.6. The summed E-state index contributed by atoms with van der Waals surface area (Å²) in [7, 11) is 2.64. The molecule has 7 heteroatoms. The second kappa shape index (κ2) is 6.75. The van der Waals surface area contributed by atoms with E-state index < -0.39 is 18.0 Å². The number of esters is 2. The summed E-state index contributed by atoms with van der Waals surface area (Å²) in [6, 6.07) is 9.23. The van der Waals surface area contributed by atoms with Gasteiger partial charge in [-0.15, -0.1) is 0 Å². The Morgan fingerprint density at radius 3 is 2.45 bits per heavy atom. The second-order valence-corrected chi connectivity index (χ2v) is 4.40. The molecule has 1 atom stereocenters. The summed E-state index contributed by atoms with van der Waals surface area (Å²) in [4.78, 5) is 23.4. The van der Waals surface area contributed by atoms with Crippen LogP contribution in [0.5, 0.6) is 5.75 Å². The molecule has 0 spiro atoms. The van der Waals surface area contributed by atoms with Gasteiger partial charge < -0.3 is 14.2 Å². The molecule has 0 aliphatic rings. The summed E-state index contributed by atoms with van der Waals surface area (Å²) in [5.74, 6) is -1.15. The van der Waals surface area contributed by atoms with Crippen molar-refractivity contribution in [3.05, 3.63) is 42.2 Å². The molecule has 22 heavy (non-hydrogen) atoms. The molecular weight excluding hydrogens is 288 g/mol. The van der Waals surface area contributed by atoms with Crippen LogP contribution in [0.2, 0.25) is 0 Å². The van der Waals surface area contributed by atoms with Crippen molar-refractivity contribution in [1.82, 2.24) is 9.78 Å². The predicted octanol–water partition coefficient (Wildman–Crippen LogP) is 1.60. The predicted molar refractivity (Wildman–Crippen MR) is 77.0 cm³/mol. The van der Waals surface area contributed by atoms with E-state index in [9.17, 15) is 9.59 Å². The molecule has 0 aliphatic carbocycles. The molecule has 0 fully saturated rings. The molecule has 1 aromatic heterocycles. The molecule has 2 rings (SSSR count). The lowest BCUT2D eigenvalue weighted by molar-refractivity contribution is -0.149. The largest absolute Gasteiger partial charge is 0.493 e. The van der Waals surface area contributed by atoms with E-state index in [0.29, 0.717) is 0 Å². The second-order valence-electron chi connectivity index (χ2n) is 4.40. The Bertz CT molecular complexity index is 666. The van der Waals surface area contributed by atoms with Gasteiger partial charge in [-0.3, -0.25) is 0 Å². The number of methoxy groups -OCH3 is 2. The van der Waals surface area contributed by atoms with Crippen molar-refractivity contribution in [3.63, 3.8) is 0 Å². The van der Waals surface area contributed by atoms with Gasteiger partial charge >= 0.3 is 11.9 Å². The van der Waals surface area contributed by atoms with Crippen LogP contribution < -0.4 is 4.74 Å². The van der Waals surface area contributed by atoms with Crippen LogP contribution in [0.15, 0.2) is 36.5 Å². The topological polar surface area (TPSA) is 79.7 Å². The van der Waals surface area contributed by atoms with Gasteiger partial charge in [-0.05, 0) is 19.1 Å². The lowest BCUT2D eigenvalue weighted by Gasteiger charge is -2.09. The fourth-order valence-corrected chi connectivity index (χ4v) is 1.79. The zero-order valence-corrected chi connectivity index (χ0v) is 12.5. The highest BCUT2D eigenvalue weighted by atomic mass is 16.6. The quantitative estimate of drug-likeness (QED) is 0.781. The van der Waals surface area contributed by atoms with Crippen LogP contribution in [0, 0.1) is 0 Å².